The number of piperidine rings is 1. The summed E-state index contributed by atoms with van der Waals surface area (Å²) in [5.74, 6) is 2.44. The van der Waals surface area contributed by atoms with Gasteiger partial charge in [0, 0.05) is 25.2 Å². The Hall–Kier alpha value is -2.53. The van der Waals surface area contributed by atoms with Crippen LogP contribution in [0.3, 0.4) is 0 Å². The fraction of sp³-hybridized carbons (Fsp3) is 0.458. The molecule has 1 saturated heterocycles. The molecule has 3 rings (SSSR count). The van der Waals surface area contributed by atoms with Crippen LogP contribution in [0.4, 0.5) is 0 Å². The van der Waals surface area contributed by atoms with Gasteiger partial charge in [0.05, 0.1) is 14.2 Å². The highest BCUT2D eigenvalue weighted by molar-refractivity contribution is 5.93. The predicted octanol–water partition coefficient (Wildman–Crippen LogP) is 3.91. The second-order valence-corrected chi connectivity index (χ2v) is 7.76. The van der Waals surface area contributed by atoms with Crippen molar-refractivity contribution in [2.24, 2.45) is 5.92 Å². The van der Waals surface area contributed by atoms with Gasteiger partial charge in [0.15, 0.2) is 0 Å². The van der Waals surface area contributed by atoms with Crippen molar-refractivity contribution >= 4 is 5.91 Å². The molecule has 1 heterocycles. The maximum absolute atomic E-state index is 11.7. The predicted molar refractivity (Wildman–Crippen MR) is 116 cm³/mol. The molecule has 0 aliphatic carbocycles. The van der Waals surface area contributed by atoms with Crippen molar-refractivity contribution < 1.29 is 14.3 Å². The van der Waals surface area contributed by atoms with Gasteiger partial charge in [0.1, 0.15) is 11.5 Å². The van der Waals surface area contributed by atoms with E-state index in [9.17, 15) is 4.79 Å². The molecular formula is C24H32N2O3. The molecule has 156 valence electrons. The Morgan fingerprint density at radius 3 is 2.17 bits per heavy atom. The van der Waals surface area contributed by atoms with Crippen LogP contribution in [0.1, 0.15) is 40.7 Å². The van der Waals surface area contributed by atoms with Gasteiger partial charge >= 0.3 is 0 Å². The van der Waals surface area contributed by atoms with Gasteiger partial charge in [-0.1, -0.05) is 12.1 Å². The molecular weight excluding hydrogens is 364 g/mol. The van der Waals surface area contributed by atoms with Gasteiger partial charge in [-0.05, 0) is 80.1 Å². The number of benzene rings is 2. The molecule has 0 radical (unpaired) electrons. The molecule has 0 atom stereocenters. The van der Waals surface area contributed by atoms with Crippen LogP contribution in [0, 0.1) is 5.92 Å². The molecule has 0 bridgehead atoms. The van der Waals surface area contributed by atoms with E-state index >= 15 is 0 Å². The average molecular weight is 397 g/mol. The third-order valence-corrected chi connectivity index (χ3v) is 5.81. The number of amides is 1. The molecule has 0 aromatic heterocycles. The minimum absolute atomic E-state index is 0.0361. The normalized spacial score (nSPS) is 15.1. The van der Waals surface area contributed by atoms with Gasteiger partial charge in [0.2, 0.25) is 0 Å². The lowest BCUT2D eigenvalue weighted by Crippen LogP contribution is -2.33. The van der Waals surface area contributed by atoms with Crippen LogP contribution in [0.2, 0.25) is 0 Å². The summed E-state index contributed by atoms with van der Waals surface area (Å²) in [4.78, 5) is 14.2. The fourth-order valence-electron chi connectivity index (χ4n) is 3.98. The van der Waals surface area contributed by atoms with Gasteiger partial charge in [-0.15, -0.1) is 0 Å². The summed E-state index contributed by atoms with van der Waals surface area (Å²) in [6, 6.07) is 14.1. The number of nitrogens with zero attached hydrogens (tertiary/aromatic N) is 1. The highest BCUT2D eigenvalue weighted by atomic mass is 16.5. The van der Waals surface area contributed by atoms with Crippen LogP contribution in [0.15, 0.2) is 42.5 Å². The molecule has 0 spiro atoms. The van der Waals surface area contributed by atoms with Crippen molar-refractivity contribution in [3.8, 4) is 11.5 Å². The second-order valence-electron chi connectivity index (χ2n) is 7.76. The van der Waals surface area contributed by atoms with E-state index in [4.69, 9.17) is 9.47 Å². The van der Waals surface area contributed by atoms with Crippen molar-refractivity contribution in [2.45, 2.75) is 32.2 Å². The lowest BCUT2D eigenvalue weighted by molar-refractivity contribution is 0.0963. The maximum Gasteiger partial charge on any atom is 0.251 e. The highest BCUT2D eigenvalue weighted by Crippen LogP contribution is 2.27. The largest absolute Gasteiger partial charge is 0.497 e. The van der Waals surface area contributed by atoms with Crippen molar-refractivity contribution in [1.29, 1.82) is 0 Å². The number of carbonyl (C=O) groups excluding carboxylic acids is 1. The molecule has 0 saturated carbocycles. The molecule has 1 fully saturated rings. The van der Waals surface area contributed by atoms with Gasteiger partial charge in [-0.2, -0.15) is 0 Å². The quantitative estimate of drug-likeness (QED) is 0.735. The average Bonchev–Trinajstić information content (AvgIpc) is 2.78. The molecule has 1 amide bonds. The van der Waals surface area contributed by atoms with E-state index in [-0.39, 0.29) is 5.91 Å². The van der Waals surface area contributed by atoms with Crippen molar-refractivity contribution in [2.75, 3.05) is 34.4 Å². The Bertz CT molecular complexity index is 774. The van der Waals surface area contributed by atoms with Gasteiger partial charge in [-0.3, -0.25) is 9.69 Å². The first-order valence-electron chi connectivity index (χ1n) is 10.4. The number of likely N-dealkylation sites (tertiary alicyclic amines) is 1. The third-order valence-electron chi connectivity index (χ3n) is 5.81. The number of rotatable bonds is 8. The van der Waals surface area contributed by atoms with Gasteiger partial charge in [-0.25, -0.2) is 0 Å². The number of methoxy groups -OCH3 is 2. The van der Waals surface area contributed by atoms with Crippen LogP contribution in [0.25, 0.3) is 0 Å². The molecule has 5 nitrogen and oxygen atoms in total. The van der Waals surface area contributed by atoms with Crippen LogP contribution < -0.4 is 14.8 Å². The lowest BCUT2D eigenvalue weighted by atomic mass is 9.90. The number of hydrogen-bond acceptors (Lipinski definition) is 4. The Morgan fingerprint density at radius 2 is 1.62 bits per heavy atom. The zero-order chi connectivity index (χ0) is 20.6. The second kappa shape index (κ2) is 10.3. The van der Waals surface area contributed by atoms with E-state index in [0.717, 1.165) is 43.5 Å². The van der Waals surface area contributed by atoms with Crippen LogP contribution in [-0.2, 0) is 13.0 Å². The summed E-state index contributed by atoms with van der Waals surface area (Å²) >= 11 is 0. The molecule has 0 unspecified atom stereocenters. The molecule has 29 heavy (non-hydrogen) atoms. The molecule has 2 aromatic rings. The third kappa shape index (κ3) is 5.97. The number of hydrogen-bond donors (Lipinski definition) is 1. The van der Waals surface area contributed by atoms with Crippen molar-refractivity contribution in [3.63, 3.8) is 0 Å². The van der Waals surface area contributed by atoms with Crippen LogP contribution >= 0.6 is 0 Å². The standard InChI is InChI=1S/C24H32N2O3/c1-25-24(27)21-8-6-19(7-9-21)17-26-12-10-18(11-13-26)4-5-20-14-22(28-2)16-23(15-20)29-3/h6-9,14-16,18H,4-5,10-13,17H2,1-3H3,(H,25,27). The smallest absolute Gasteiger partial charge is 0.251 e. The summed E-state index contributed by atoms with van der Waals surface area (Å²) in [5.41, 5.74) is 3.25. The van der Waals surface area contributed by atoms with E-state index in [0.29, 0.717) is 5.56 Å². The van der Waals surface area contributed by atoms with Crippen LogP contribution in [0.5, 0.6) is 11.5 Å². The fourth-order valence-corrected chi connectivity index (χ4v) is 3.98. The molecule has 1 aliphatic rings. The first-order valence-corrected chi connectivity index (χ1v) is 10.4. The summed E-state index contributed by atoms with van der Waals surface area (Å²) in [5, 5.41) is 2.66. The topological polar surface area (TPSA) is 50.8 Å². The van der Waals surface area contributed by atoms with E-state index in [2.05, 4.69) is 34.5 Å². The minimum Gasteiger partial charge on any atom is -0.497 e. The minimum atomic E-state index is -0.0361. The van der Waals surface area contributed by atoms with Crippen molar-refractivity contribution in [3.05, 3.63) is 59.2 Å². The first-order chi connectivity index (χ1) is 14.1. The SMILES string of the molecule is CNC(=O)c1ccc(CN2CCC(CCc3cc(OC)cc(OC)c3)CC2)cc1. The van der Waals surface area contributed by atoms with Gasteiger partial charge in [0.25, 0.3) is 5.91 Å². The maximum atomic E-state index is 11.7. The molecule has 2 aromatic carbocycles. The first kappa shape index (κ1) is 21.2. The zero-order valence-electron chi connectivity index (χ0n) is 17.7. The van der Waals surface area contributed by atoms with E-state index in [1.807, 2.05) is 18.2 Å². The number of aryl methyl sites for hydroxylation is 1. The van der Waals surface area contributed by atoms with E-state index in [1.54, 1.807) is 21.3 Å². The lowest BCUT2D eigenvalue weighted by Gasteiger charge is -2.32. The Balaban J connectivity index is 1.45. The monoisotopic (exact) mass is 396 g/mol. The van der Waals surface area contributed by atoms with Crippen LogP contribution in [-0.4, -0.2) is 45.2 Å². The summed E-state index contributed by atoms with van der Waals surface area (Å²) in [6.07, 6.45) is 4.72. The van der Waals surface area contributed by atoms with Crippen molar-refractivity contribution in [1.82, 2.24) is 10.2 Å². The number of ether oxygens (including phenoxy) is 2. The Labute approximate surface area is 174 Å². The number of nitrogens with one attached hydrogen (secondary N) is 1. The summed E-state index contributed by atoms with van der Waals surface area (Å²) in [7, 11) is 5.05. The Kier molecular flexibility index (Phi) is 7.53. The number of carbonyl (C=O) groups is 1. The molecule has 1 aliphatic heterocycles. The van der Waals surface area contributed by atoms with E-state index < -0.39 is 0 Å². The highest BCUT2D eigenvalue weighted by Gasteiger charge is 2.19. The molecule has 5 heteroatoms. The zero-order valence-corrected chi connectivity index (χ0v) is 17.7. The Morgan fingerprint density at radius 1 is 1.00 bits per heavy atom. The summed E-state index contributed by atoms with van der Waals surface area (Å²) in [6.45, 7) is 3.21. The summed E-state index contributed by atoms with van der Waals surface area (Å²) < 4.78 is 10.8. The van der Waals surface area contributed by atoms with E-state index in [1.165, 1.54) is 30.4 Å². The molecule has 1 N–H and O–H groups in total. The van der Waals surface area contributed by atoms with Gasteiger partial charge < -0.3 is 14.8 Å².